The number of carbonyl (C=O) groups is 2. The third-order valence-electron chi connectivity index (χ3n) is 6.76. The second kappa shape index (κ2) is 9.51. The Kier molecular flexibility index (Phi) is 6.98. The van der Waals surface area contributed by atoms with Crippen molar-refractivity contribution in [2.75, 3.05) is 18.1 Å². The molecule has 2 amide bonds. The van der Waals surface area contributed by atoms with Crippen molar-refractivity contribution in [2.45, 2.75) is 67.7 Å². The first-order valence-electron chi connectivity index (χ1n) is 11.1. The molecule has 0 aromatic heterocycles. The summed E-state index contributed by atoms with van der Waals surface area (Å²) in [5.74, 6) is 2.22. The van der Waals surface area contributed by atoms with E-state index in [1.54, 1.807) is 23.5 Å². The molecule has 2 saturated carbocycles. The lowest BCUT2D eigenvalue weighted by Crippen LogP contribution is -2.40. The van der Waals surface area contributed by atoms with Crippen molar-refractivity contribution in [3.63, 3.8) is 0 Å². The van der Waals surface area contributed by atoms with Crippen LogP contribution in [0.1, 0.15) is 63.0 Å². The zero-order valence-electron chi connectivity index (χ0n) is 17.3. The minimum Gasteiger partial charge on any atom is -0.354 e. The minimum atomic E-state index is -1.13. The molecule has 3 fully saturated rings. The van der Waals surface area contributed by atoms with Crippen molar-refractivity contribution in [3.05, 3.63) is 35.9 Å². The van der Waals surface area contributed by atoms with Crippen LogP contribution in [-0.2, 0) is 9.59 Å². The summed E-state index contributed by atoms with van der Waals surface area (Å²) in [6.45, 7) is 0.606. The smallest absolute Gasteiger partial charge is 0.243 e. The van der Waals surface area contributed by atoms with Crippen molar-refractivity contribution in [1.29, 1.82) is 0 Å². The maximum absolute atomic E-state index is 14.6. The summed E-state index contributed by atoms with van der Waals surface area (Å²) < 4.78 is 14.6. The van der Waals surface area contributed by atoms with Crippen LogP contribution in [0.3, 0.4) is 0 Å². The third-order valence-corrected chi connectivity index (χ3v) is 9.66. The molecule has 1 aromatic rings. The van der Waals surface area contributed by atoms with E-state index in [9.17, 15) is 14.0 Å². The molecule has 0 radical (unpaired) electrons. The molecule has 4 rings (SSSR count). The first-order chi connectivity index (χ1) is 14.5. The van der Waals surface area contributed by atoms with Crippen molar-refractivity contribution < 1.29 is 14.0 Å². The van der Waals surface area contributed by atoms with Gasteiger partial charge in [0.15, 0.2) is 0 Å². The maximum Gasteiger partial charge on any atom is 0.243 e. The summed E-state index contributed by atoms with van der Waals surface area (Å²) in [5.41, 5.74) is -0.584. The topological polar surface area (TPSA) is 58.2 Å². The van der Waals surface area contributed by atoms with E-state index in [0.29, 0.717) is 38.6 Å². The number of carbonyl (C=O) groups excluding carboxylic acids is 2. The second-order valence-electron chi connectivity index (χ2n) is 8.91. The van der Waals surface area contributed by atoms with Crippen LogP contribution in [0, 0.1) is 5.41 Å². The Morgan fingerprint density at radius 2 is 1.80 bits per heavy atom. The van der Waals surface area contributed by atoms with E-state index in [1.165, 1.54) is 6.42 Å². The van der Waals surface area contributed by atoms with Crippen molar-refractivity contribution in [2.24, 2.45) is 5.41 Å². The summed E-state index contributed by atoms with van der Waals surface area (Å²) in [4.78, 5) is 25.5. The second-order valence-corrected chi connectivity index (χ2v) is 11.6. The number of nitrogens with one attached hydrogen (secondary N) is 2. The molecule has 0 spiro atoms. The van der Waals surface area contributed by atoms with Crippen LogP contribution in [-0.4, -0.2) is 40.1 Å². The monoisotopic (exact) mass is 450 g/mol. The van der Waals surface area contributed by atoms with Gasteiger partial charge in [0, 0.05) is 6.54 Å². The summed E-state index contributed by atoms with van der Waals surface area (Å²) in [5, 5.41) is 6.29. The van der Waals surface area contributed by atoms with Gasteiger partial charge in [0.25, 0.3) is 0 Å². The fraction of sp³-hybridized carbons (Fsp3) is 0.652. The predicted octanol–water partition coefficient (Wildman–Crippen LogP) is 4.61. The fourth-order valence-corrected chi connectivity index (χ4v) is 7.67. The maximum atomic E-state index is 14.6. The molecule has 3 aliphatic rings. The highest BCUT2D eigenvalue weighted by Gasteiger charge is 2.58. The summed E-state index contributed by atoms with van der Waals surface area (Å²) in [6, 6.07) is 9.86. The number of halogens is 1. The number of hydrogen-bond acceptors (Lipinski definition) is 4. The van der Waals surface area contributed by atoms with Crippen molar-refractivity contribution in [1.82, 2.24) is 10.6 Å². The largest absolute Gasteiger partial charge is 0.354 e. The quantitative estimate of drug-likeness (QED) is 0.568. The highest BCUT2D eigenvalue weighted by atomic mass is 32.2. The Hall–Kier alpha value is -1.21. The van der Waals surface area contributed by atoms with Gasteiger partial charge in [0.05, 0.1) is 11.5 Å². The Bertz CT molecular complexity index is 747. The Morgan fingerprint density at radius 1 is 1.10 bits per heavy atom. The van der Waals surface area contributed by atoms with Crippen LogP contribution < -0.4 is 10.6 Å². The van der Waals surface area contributed by atoms with Crippen LogP contribution in [0.5, 0.6) is 0 Å². The predicted molar refractivity (Wildman–Crippen MR) is 122 cm³/mol. The molecule has 1 unspecified atom stereocenters. The van der Waals surface area contributed by atoms with Crippen LogP contribution in [0.25, 0.3) is 0 Å². The normalized spacial score (nSPS) is 29.5. The number of fused-ring (bicyclic) bond motifs is 2. The Labute approximate surface area is 186 Å². The Morgan fingerprint density at radius 3 is 2.43 bits per heavy atom. The van der Waals surface area contributed by atoms with Gasteiger partial charge in [-0.25, -0.2) is 4.39 Å². The first-order valence-corrected chi connectivity index (χ1v) is 13.2. The number of hydrogen-bond donors (Lipinski definition) is 2. The number of alkyl halides is 1. The Balaban J connectivity index is 1.32. The molecule has 2 aliphatic carbocycles. The fourth-order valence-electron chi connectivity index (χ4n) is 5.00. The molecule has 2 N–H and O–H groups in total. The summed E-state index contributed by atoms with van der Waals surface area (Å²) in [7, 11) is 0. The van der Waals surface area contributed by atoms with Crippen molar-refractivity contribution in [3.8, 4) is 0 Å². The first kappa shape index (κ1) is 22.0. The number of thioether (sulfide) groups is 2. The molecular formula is C23H31FN2O2S2. The molecule has 30 heavy (non-hydrogen) atoms. The molecule has 1 atom stereocenters. The molecule has 1 aromatic carbocycles. The van der Waals surface area contributed by atoms with E-state index in [4.69, 9.17) is 0 Å². The van der Waals surface area contributed by atoms with E-state index in [-0.39, 0.29) is 22.4 Å². The van der Waals surface area contributed by atoms with Gasteiger partial charge in [-0.05, 0) is 68.4 Å². The van der Waals surface area contributed by atoms with E-state index < -0.39 is 11.1 Å². The van der Waals surface area contributed by atoms with Crippen LogP contribution in [0.15, 0.2) is 30.3 Å². The van der Waals surface area contributed by atoms with E-state index in [1.807, 2.05) is 30.3 Å². The molecule has 2 bridgehead atoms. The molecule has 7 heteroatoms. The zero-order valence-corrected chi connectivity index (χ0v) is 19.0. The van der Waals surface area contributed by atoms with Gasteiger partial charge in [-0.15, -0.1) is 23.5 Å². The summed E-state index contributed by atoms with van der Waals surface area (Å²) in [6.07, 6.45) is 5.42. The van der Waals surface area contributed by atoms with Crippen LogP contribution in [0.4, 0.5) is 4.39 Å². The van der Waals surface area contributed by atoms with Gasteiger partial charge in [0.1, 0.15) is 10.3 Å². The SMILES string of the molecule is O=C(NCCCC(NC(=O)C12CCC(F)(CC1)C2)c1ccccc1)C1SCCCS1. The van der Waals surface area contributed by atoms with E-state index in [0.717, 1.165) is 29.9 Å². The molecule has 1 saturated heterocycles. The highest BCUT2D eigenvalue weighted by Crippen LogP contribution is 2.58. The van der Waals surface area contributed by atoms with Gasteiger partial charge >= 0.3 is 0 Å². The standard InChI is InChI=1S/C23H31FN2O2S2/c24-23-11-9-22(16-23,10-12-23)21(28)26-18(17-6-2-1-3-7-17)8-4-13-25-19(27)20-29-14-5-15-30-20/h1-3,6-7,18,20H,4-5,8-16H2,(H,25,27)(H,26,28). The average Bonchev–Trinajstić information content (AvgIpc) is 3.32. The van der Waals surface area contributed by atoms with Crippen molar-refractivity contribution >= 4 is 35.3 Å². The lowest BCUT2D eigenvalue weighted by Gasteiger charge is -2.29. The van der Waals surface area contributed by atoms with Crippen LogP contribution >= 0.6 is 23.5 Å². The van der Waals surface area contributed by atoms with Gasteiger partial charge in [-0.1, -0.05) is 30.3 Å². The van der Waals surface area contributed by atoms with Gasteiger partial charge < -0.3 is 10.6 Å². The number of benzene rings is 1. The molecule has 1 heterocycles. The molecular weight excluding hydrogens is 419 g/mol. The van der Waals surface area contributed by atoms with E-state index >= 15 is 0 Å². The van der Waals surface area contributed by atoms with Crippen LogP contribution in [0.2, 0.25) is 0 Å². The van der Waals surface area contributed by atoms with Gasteiger partial charge in [0.2, 0.25) is 11.8 Å². The summed E-state index contributed by atoms with van der Waals surface area (Å²) >= 11 is 3.45. The molecule has 164 valence electrons. The highest BCUT2D eigenvalue weighted by molar-refractivity contribution is 8.18. The lowest BCUT2D eigenvalue weighted by molar-refractivity contribution is -0.131. The lowest BCUT2D eigenvalue weighted by atomic mass is 9.82. The zero-order chi connectivity index (χ0) is 21.0. The minimum absolute atomic E-state index is 0.00687. The van der Waals surface area contributed by atoms with E-state index in [2.05, 4.69) is 10.6 Å². The number of amides is 2. The average molecular weight is 451 g/mol. The molecule has 4 nitrogen and oxygen atoms in total. The van der Waals surface area contributed by atoms with Gasteiger partial charge in [-0.3, -0.25) is 9.59 Å². The number of rotatable bonds is 8. The molecule has 1 aliphatic heterocycles. The third kappa shape index (κ3) is 4.98. The van der Waals surface area contributed by atoms with Gasteiger partial charge in [-0.2, -0.15) is 0 Å².